The second-order valence-electron chi connectivity index (χ2n) is 11.5. The van der Waals surface area contributed by atoms with Gasteiger partial charge in [-0.3, -0.25) is 0 Å². The van der Waals surface area contributed by atoms with Crippen LogP contribution in [0.1, 0.15) is 49.7 Å². The van der Waals surface area contributed by atoms with E-state index in [2.05, 4.69) is 47.2 Å². The quantitative estimate of drug-likeness (QED) is 0.288. The zero-order valence-electron chi connectivity index (χ0n) is 23.8. The van der Waals surface area contributed by atoms with Crippen LogP contribution in [0.25, 0.3) is 11.4 Å². The molecule has 7 rings (SSSR count). The van der Waals surface area contributed by atoms with Crippen LogP contribution in [0.15, 0.2) is 49.3 Å². The molecule has 3 aliphatic rings. The fourth-order valence-electron chi connectivity index (χ4n) is 6.10. The molecule has 4 aromatic rings. The molecule has 2 atom stereocenters. The molecule has 234 valence electrons. The molecule has 2 saturated heterocycles. The smallest absolute Gasteiger partial charge is 0.396 e. The lowest BCUT2D eigenvalue weighted by Gasteiger charge is -2.40. The molecule has 45 heavy (non-hydrogen) atoms. The van der Waals surface area contributed by atoms with Crippen LogP contribution in [0.2, 0.25) is 0 Å². The monoisotopic (exact) mass is 639 g/mol. The highest BCUT2D eigenvalue weighted by molar-refractivity contribution is 7.90. The van der Waals surface area contributed by atoms with Crippen LogP contribution < -0.4 is 10.2 Å². The summed E-state index contributed by atoms with van der Waals surface area (Å²) in [7, 11) is -3.53. The molecule has 2 unspecified atom stereocenters. The van der Waals surface area contributed by atoms with Crippen LogP contribution >= 0.6 is 0 Å². The molecule has 6 heterocycles. The van der Waals surface area contributed by atoms with Crippen LogP contribution in [0.5, 0.6) is 0 Å². The number of nitrogens with one attached hydrogen (secondary N) is 1. The predicted molar refractivity (Wildman–Crippen MR) is 157 cm³/mol. The number of rotatable bonds is 7. The molecule has 0 radical (unpaired) electrons. The zero-order valence-corrected chi connectivity index (χ0v) is 24.6. The van der Waals surface area contributed by atoms with Crippen molar-refractivity contribution < 1.29 is 26.7 Å². The van der Waals surface area contributed by atoms with E-state index >= 15 is 0 Å². The van der Waals surface area contributed by atoms with Crippen molar-refractivity contribution in [1.29, 1.82) is 0 Å². The fourth-order valence-corrected chi connectivity index (χ4v) is 7.57. The number of alkyl halides is 3. The van der Waals surface area contributed by atoms with Crippen LogP contribution in [0.3, 0.4) is 0 Å². The lowest BCUT2D eigenvalue weighted by Crippen LogP contribution is -2.44. The first-order chi connectivity index (χ1) is 21.6. The highest BCUT2D eigenvalue weighted by atomic mass is 32.2. The van der Waals surface area contributed by atoms with Gasteiger partial charge in [0.2, 0.25) is 0 Å². The maximum Gasteiger partial charge on any atom is 0.504 e. The fraction of sp³-hybridized carbons (Fsp3) is 0.414. The summed E-state index contributed by atoms with van der Waals surface area (Å²) >= 11 is 0. The summed E-state index contributed by atoms with van der Waals surface area (Å²) in [4.78, 5) is 15.6. The van der Waals surface area contributed by atoms with Gasteiger partial charge in [-0.1, -0.05) is 11.8 Å². The van der Waals surface area contributed by atoms with E-state index in [1.54, 1.807) is 18.5 Å². The number of aromatic nitrogens is 7. The van der Waals surface area contributed by atoms with E-state index in [1.807, 2.05) is 6.07 Å². The number of hydrogen-bond acceptors (Lipinski definition) is 10. The number of hydrogen-bond donors (Lipinski definition) is 2. The second-order valence-corrected chi connectivity index (χ2v) is 13.6. The normalized spacial score (nSPS) is 21.4. The van der Waals surface area contributed by atoms with Gasteiger partial charge in [0.15, 0.2) is 5.82 Å². The third-order valence-corrected chi connectivity index (χ3v) is 10.4. The molecule has 3 fully saturated rings. The zero-order chi connectivity index (χ0) is 31.3. The summed E-state index contributed by atoms with van der Waals surface area (Å²) in [5.74, 6) is 7.15. The van der Waals surface area contributed by atoms with Gasteiger partial charge in [-0.15, -0.1) is 13.2 Å². The minimum absolute atomic E-state index is 0.0872. The summed E-state index contributed by atoms with van der Waals surface area (Å²) in [5, 5.41) is 20.0. The van der Waals surface area contributed by atoms with Crippen molar-refractivity contribution in [3.63, 3.8) is 0 Å². The summed E-state index contributed by atoms with van der Waals surface area (Å²) in [6.07, 6.45) is 8.00. The first kappa shape index (κ1) is 29.2. The molecular formula is C29H28F3N9O3S. The molecule has 4 aromatic heterocycles. The summed E-state index contributed by atoms with van der Waals surface area (Å²) in [6.45, 7) is 0.126. The third kappa shape index (κ3) is 5.85. The molecule has 1 saturated carbocycles. The Morgan fingerprint density at radius 1 is 0.978 bits per heavy atom. The minimum atomic E-state index is -4.63. The van der Waals surface area contributed by atoms with Crippen LogP contribution in [0, 0.1) is 17.8 Å². The van der Waals surface area contributed by atoms with Gasteiger partial charge in [0.05, 0.1) is 46.2 Å². The SMILES string of the molecule is O=S(=O)(C1CC1)n1cc(-c2nccc(Nc3cc(N4C5CCC4CC(CO)C5)c(C#Cc4cnn(C(F)(F)F)c4)cn3)n2)cn1. The molecule has 2 bridgehead atoms. The van der Waals surface area contributed by atoms with Crippen molar-refractivity contribution in [1.82, 2.24) is 33.9 Å². The topological polar surface area (TPSA) is 144 Å². The number of piperidine rings is 1. The molecule has 16 heteroatoms. The van der Waals surface area contributed by atoms with Gasteiger partial charge in [0.25, 0.3) is 10.0 Å². The summed E-state index contributed by atoms with van der Waals surface area (Å²) in [5.41, 5.74) is 1.89. The van der Waals surface area contributed by atoms with Crippen molar-refractivity contribution in [3.8, 4) is 23.2 Å². The number of aliphatic hydroxyl groups excluding tert-OH is 1. The Balaban J connectivity index is 1.19. The number of nitrogens with zero attached hydrogens (tertiary/aromatic N) is 8. The molecule has 2 N–H and O–H groups in total. The van der Waals surface area contributed by atoms with Crippen molar-refractivity contribution in [2.75, 3.05) is 16.8 Å². The Hall–Kier alpha value is -4.49. The van der Waals surface area contributed by atoms with E-state index in [0.717, 1.165) is 47.9 Å². The van der Waals surface area contributed by atoms with Crippen LogP contribution in [-0.4, -0.2) is 71.4 Å². The molecule has 1 aliphatic carbocycles. The molecular weight excluding hydrogens is 611 g/mol. The molecule has 0 amide bonds. The Labute approximate surface area is 256 Å². The Morgan fingerprint density at radius 3 is 2.44 bits per heavy atom. The number of aliphatic hydroxyl groups is 1. The molecule has 0 spiro atoms. The lowest BCUT2D eigenvalue weighted by atomic mass is 9.90. The molecule has 12 nitrogen and oxygen atoms in total. The van der Waals surface area contributed by atoms with Crippen LogP contribution in [0.4, 0.5) is 30.5 Å². The number of pyridine rings is 1. The van der Waals surface area contributed by atoms with Crippen molar-refractivity contribution >= 4 is 27.3 Å². The maximum absolute atomic E-state index is 13.0. The van der Waals surface area contributed by atoms with Crippen molar-refractivity contribution in [3.05, 3.63) is 60.4 Å². The Morgan fingerprint density at radius 2 is 1.76 bits per heavy atom. The predicted octanol–water partition coefficient (Wildman–Crippen LogP) is 3.63. The van der Waals surface area contributed by atoms with Crippen molar-refractivity contribution in [2.45, 2.75) is 62.2 Å². The van der Waals surface area contributed by atoms with Gasteiger partial charge in [0.1, 0.15) is 11.6 Å². The lowest BCUT2D eigenvalue weighted by molar-refractivity contribution is -0.212. The highest BCUT2D eigenvalue weighted by Gasteiger charge is 2.41. The standard InChI is InChI=1S/C29H28F3N9O3S/c30-29(31,32)39-15-18(12-35-39)1-2-20-13-34-27(11-25(20)41-22-3-4-23(41)10-19(9-22)17-42)37-26-7-8-33-28(38-26)21-14-36-40(16-21)45(43,44)24-5-6-24/h7-8,11-16,19,22-24,42H,3-6,9-10,17H2,(H,33,34,37,38). The second kappa shape index (κ2) is 11.1. The van der Waals surface area contributed by atoms with Crippen molar-refractivity contribution in [2.24, 2.45) is 5.92 Å². The average Bonchev–Trinajstić information content (AvgIpc) is 3.45. The van der Waals surface area contributed by atoms with Crippen LogP contribution in [-0.2, 0) is 16.3 Å². The third-order valence-electron chi connectivity index (χ3n) is 8.37. The van der Waals surface area contributed by atoms with E-state index in [4.69, 9.17) is 0 Å². The van der Waals surface area contributed by atoms with Gasteiger partial charge in [-0.25, -0.2) is 23.4 Å². The number of halogens is 3. The minimum Gasteiger partial charge on any atom is -0.396 e. The van der Waals surface area contributed by atoms with E-state index in [0.29, 0.717) is 35.6 Å². The summed E-state index contributed by atoms with van der Waals surface area (Å²) < 4.78 is 65.1. The van der Waals surface area contributed by atoms with E-state index in [9.17, 15) is 26.7 Å². The van der Waals surface area contributed by atoms with E-state index in [-0.39, 0.29) is 40.7 Å². The largest absolute Gasteiger partial charge is 0.504 e. The Kier molecular flexibility index (Phi) is 7.24. The van der Waals surface area contributed by atoms with Gasteiger partial charge in [0, 0.05) is 43.3 Å². The summed E-state index contributed by atoms with van der Waals surface area (Å²) in [6, 6.07) is 3.85. The molecule has 2 aliphatic heterocycles. The average molecular weight is 640 g/mol. The first-order valence-electron chi connectivity index (χ1n) is 14.5. The maximum atomic E-state index is 13.0. The molecule has 0 aromatic carbocycles. The highest BCUT2D eigenvalue weighted by Crippen LogP contribution is 2.43. The van der Waals surface area contributed by atoms with Gasteiger partial charge >= 0.3 is 6.30 Å². The van der Waals surface area contributed by atoms with E-state index in [1.165, 1.54) is 12.4 Å². The first-order valence-corrected chi connectivity index (χ1v) is 16.0. The van der Waals surface area contributed by atoms with Gasteiger partial charge < -0.3 is 15.3 Å². The Bertz CT molecular complexity index is 1900. The number of fused-ring (bicyclic) bond motifs is 2. The number of anilines is 3. The van der Waals surface area contributed by atoms with Gasteiger partial charge in [-0.2, -0.15) is 19.0 Å². The van der Waals surface area contributed by atoms with Gasteiger partial charge in [-0.05, 0) is 50.5 Å². The van der Waals surface area contributed by atoms with E-state index < -0.39 is 21.6 Å².